The summed E-state index contributed by atoms with van der Waals surface area (Å²) in [6.45, 7) is 7.38. The van der Waals surface area contributed by atoms with Crippen LogP contribution in [0, 0.1) is 0 Å². The number of amides is 1. The van der Waals surface area contributed by atoms with Crippen molar-refractivity contribution in [2.45, 2.75) is 38.5 Å². The van der Waals surface area contributed by atoms with Crippen molar-refractivity contribution in [1.82, 2.24) is 29.8 Å². The molecular weight excluding hydrogens is 388 g/mol. The number of carbonyl (C=O) groups excluding carboxylic acids is 1. The molecule has 1 amide bonds. The summed E-state index contributed by atoms with van der Waals surface area (Å²) in [5.74, 6) is 0.490. The van der Waals surface area contributed by atoms with Crippen molar-refractivity contribution in [3.8, 4) is 0 Å². The molecule has 0 spiro atoms. The lowest BCUT2D eigenvalue weighted by atomic mass is 9.87. The minimum Gasteiger partial charge on any atom is -0.379 e. The Hall–Kier alpha value is -2.10. The summed E-state index contributed by atoms with van der Waals surface area (Å²) in [5, 5.41) is 8.44. The molecule has 5 rings (SSSR count). The van der Waals surface area contributed by atoms with Crippen molar-refractivity contribution in [1.29, 1.82) is 0 Å². The molecule has 3 aromatic rings. The number of hydrogen-bond donors (Lipinski definition) is 1. The SMILES string of the molecule is CC1CCCc2sc3ncn4nc(C(=O)NCCCN5CCOCC5)nc4c3c21. The third kappa shape index (κ3) is 3.62. The predicted octanol–water partition coefficient (Wildman–Crippen LogP) is 2.23. The number of nitrogens with one attached hydrogen (secondary N) is 1. The van der Waals surface area contributed by atoms with E-state index in [-0.39, 0.29) is 11.7 Å². The van der Waals surface area contributed by atoms with Gasteiger partial charge in [0.2, 0.25) is 5.82 Å². The van der Waals surface area contributed by atoms with Crippen LogP contribution in [-0.2, 0) is 11.2 Å². The molecule has 29 heavy (non-hydrogen) atoms. The first-order chi connectivity index (χ1) is 14.2. The second-order valence-corrected chi connectivity index (χ2v) is 9.01. The van der Waals surface area contributed by atoms with E-state index in [9.17, 15) is 4.79 Å². The van der Waals surface area contributed by atoms with Gasteiger partial charge >= 0.3 is 0 Å². The molecule has 1 aliphatic heterocycles. The van der Waals surface area contributed by atoms with E-state index in [1.54, 1.807) is 22.2 Å². The van der Waals surface area contributed by atoms with Crippen molar-refractivity contribution in [2.75, 3.05) is 39.4 Å². The standard InChI is InChI=1S/C20H26N6O2S/c1-13-4-2-5-14-15(13)16-18-23-17(24-26(18)12-22-20(16)29-14)19(27)21-6-3-7-25-8-10-28-11-9-25/h12-13H,2-11H2,1H3,(H,21,27). The second kappa shape index (κ2) is 7.97. The van der Waals surface area contributed by atoms with E-state index >= 15 is 0 Å². The summed E-state index contributed by atoms with van der Waals surface area (Å²) < 4.78 is 7.01. The maximum absolute atomic E-state index is 12.6. The fraction of sp³-hybridized carbons (Fsp3) is 0.600. The molecule has 1 aliphatic carbocycles. The molecule has 0 saturated carbocycles. The van der Waals surface area contributed by atoms with E-state index in [0.29, 0.717) is 12.5 Å². The molecule has 154 valence electrons. The Morgan fingerprint density at radius 3 is 3.10 bits per heavy atom. The molecule has 1 fully saturated rings. The normalized spacial score (nSPS) is 20.2. The summed E-state index contributed by atoms with van der Waals surface area (Å²) in [5.41, 5.74) is 2.11. The predicted molar refractivity (Wildman–Crippen MR) is 112 cm³/mol. The number of ether oxygens (including phenoxy) is 1. The summed E-state index contributed by atoms with van der Waals surface area (Å²) in [7, 11) is 0. The van der Waals surface area contributed by atoms with E-state index in [1.165, 1.54) is 23.3 Å². The Labute approximate surface area is 173 Å². The molecule has 4 heterocycles. The number of aryl methyl sites for hydroxylation is 1. The molecule has 1 saturated heterocycles. The molecule has 0 radical (unpaired) electrons. The maximum atomic E-state index is 12.6. The van der Waals surface area contributed by atoms with E-state index in [0.717, 1.165) is 61.6 Å². The van der Waals surface area contributed by atoms with Crippen LogP contribution in [0.15, 0.2) is 6.33 Å². The van der Waals surface area contributed by atoms with E-state index in [1.807, 2.05) is 0 Å². The lowest BCUT2D eigenvalue weighted by Gasteiger charge is -2.26. The topological polar surface area (TPSA) is 84.7 Å². The minimum absolute atomic E-state index is 0.217. The average Bonchev–Trinajstić information content (AvgIpc) is 3.33. The fourth-order valence-corrected chi connectivity index (χ4v) is 5.69. The van der Waals surface area contributed by atoms with Crippen LogP contribution < -0.4 is 5.32 Å². The summed E-state index contributed by atoms with van der Waals surface area (Å²) >= 11 is 1.76. The molecule has 2 aliphatic rings. The number of carbonyl (C=O) groups is 1. The highest BCUT2D eigenvalue weighted by Crippen LogP contribution is 2.42. The summed E-state index contributed by atoms with van der Waals surface area (Å²) in [6, 6.07) is 0. The molecule has 1 atom stereocenters. The molecule has 1 unspecified atom stereocenters. The van der Waals surface area contributed by atoms with Gasteiger partial charge in [-0.2, -0.15) is 0 Å². The second-order valence-electron chi connectivity index (χ2n) is 7.92. The van der Waals surface area contributed by atoms with Crippen molar-refractivity contribution in [3.63, 3.8) is 0 Å². The van der Waals surface area contributed by atoms with Crippen LogP contribution in [0.1, 0.15) is 53.2 Å². The van der Waals surface area contributed by atoms with Crippen LogP contribution >= 0.6 is 11.3 Å². The lowest BCUT2D eigenvalue weighted by Crippen LogP contribution is -2.38. The van der Waals surface area contributed by atoms with Gasteiger partial charge in [0.25, 0.3) is 5.91 Å². The quantitative estimate of drug-likeness (QED) is 0.645. The number of rotatable bonds is 5. The highest BCUT2D eigenvalue weighted by Gasteiger charge is 2.26. The average molecular weight is 415 g/mol. The molecule has 0 aromatic carbocycles. The molecular formula is C20H26N6O2S. The van der Waals surface area contributed by atoms with Crippen molar-refractivity contribution < 1.29 is 9.53 Å². The van der Waals surface area contributed by atoms with Gasteiger partial charge < -0.3 is 10.1 Å². The number of thiophene rings is 1. The fourth-order valence-electron chi connectivity index (χ4n) is 4.39. The third-order valence-electron chi connectivity index (χ3n) is 5.92. The monoisotopic (exact) mass is 414 g/mol. The van der Waals surface area contributed by atoms with Crippen LogP contribution in [0.25, 0.3) is 15.9 Å². The van der Waals surface area contributed by atoms with Crippen LogP contribution in [0.3, 0.4) is 0 Å². The van der Waals surface area contributed by atoms with Crippen molar-refractivity contribution >= 4 is 33.1 Å². The first kappa shape index (κ1) is 18.9. The molecule has 1 N–H and O–H groups in total. The number of hydrogen-bond acceptors (Lipinski definition) is 7. The van der Waals surface area contributed by atoms with Gasteiger partial charge in [-0.25, -0.2) is 14.5 Å². The molecule has 0 bridgehead atoms. The highest BCUT2D eigenvalue weighted by molar-refractivity contribution is 7.19. The Kier molecular flexibility index (Phi) is 5.19. The Balaban J connectivity index is 1.32. The first-order valence-corrected chi connectivity index (χ1v) is 11.3. The van der Waals surface area contributed by atoms with Gasteiger partial charge in [0.15, 0.2) is 5.65 Å². The zero-order valence-corrected chi connectivity index (χ0v) is 17.5. The number of nitrogens with zero attached hydrogens (tertiary/aromatic N) is 5. The van der Waals surface area contributed by atoms with Crippen LogP contribution in [0.2, 0.25) is 0 Å². The van der Waals surface area contributed by atoms with E-state index in [2.05, 4.69) is 32.2 Å². The number of morpholine rings is 1. The van der Waals surface area contributed by atoms with Gasteiger partial charge in [0.1, 0.15) is 11.2 Å². The number of fused-ring (bicyclic) bond motifs is 5. The third-order valence-corrected chi connectivity index (χ3v) is 7.09. The lowest BCUT2D eigenvalue weighted by molar-refractivity contribution is 0.0374. The molecule has 3 aromatic heterocycles. The van der Waals surface area contributed by atoms with Gasteiger partial charge in [-0.15, -0.1) is 16.4 Å². The highest BCUT2D eigenvalue weighted by atomic mass is 32.1. The zero-order chi connectivity index (χ0) is 19.8. The van der Waals surface area contributed by atoms with E-state index in [4.69, 9.17) is 4.74 Å². The van der Waals surface area contributed by atoms with Gasteiger partial charge in [0, 0.05) is 24.5 Å². The van der Waals surface area contributed by atoms with Gasteiger partial charge in [0.05, 0.1) is 18.6 Å². The molecule has 9 heteroatoms. The number of aromatic nitrogens is 4. The largest absolute Gasteiger partial charge is 0.379 e. The smallest absolute Gasteiger partial charge is 0.290 e. The van der Waals surface area contributed by atoms with Gasteiger partial charge in [-0.05, 0) is 43.7 Å². The Bertz CT molecular complexity index is 1040. The minimum atomic E-state index is -0.221. The van der Waals surface area contributed by atoms with Crippen LogP contribution in [0.4, 0.5) is 0 Å². The van der Waals surface area contributed by atoms with Crippen LogP contribution in [-0.4, -0.2) is 69.8 Å². The van der Waals surface area contributed by atoms with Crippen LogP contribution in [0.5, 0.6) is 0 Å². The zero-order valence-electron chi connectivity index (χ0n) is 16.7. The van der Waals surface area contributed by atoms with Gasteiger partial charge in [-0.3, -0.25) is 9.69 Å². The van der Waals surface area contributed by atoms with Crippen molar-refractivity contribution in [2.24, 2.45) is 0 Å². The van der Waals surface area contributed by atoms with Gasteiger partial charge in [-0.1, -0.05) is 6.92 Å². The Morgan fingerprint density at radius 2 is 2.24 bits per heavy atom. The van der Waals surface area contributed by atoms with E-state index < -0.39 is 0 Å². The Morgan fingerprint density at radius 1 is 1.38 bits per heavy atom. The molecule has 8 nitrogen and oxygen atoms in total. The maximum Gasteiger partial charge on any atom is 0.290 e. The first-order valence-electron chi connectivity index (χ1n) is 10.5. The summed E-state index contributed by atoms with van der Waals surface area (Å²) in [6.07, 6.45) is 6.09. The summed E-state index contributed by atoms with van der Waals surface area (Å²) in [4.78, 5) is 26.6. The van der Waals surface area contributed by atoms with Crippen molar-refractivity contribution in [3.05, 3.63) is 22.6 Å².